The number of nitrogens with one attached hydrogen (secondary N) is 2. The van der Waals surface area contributed by atoms with Crippen molar-refractivity contribution >= 4 is 41.3 Å². The number of aliphatic imine (C=N–C) groups is 1. The van der Waals surface area contributed by atoms with Crippen LogP contribution in [0.5, 0.6) is 0 Å². The summed E-state index contributed by atoms with van der Waals surface area (Å²) in [6.07, 6.45) is 2.06. The molecule has 1 heterocycles. The largest absolute Gasteiger partial charge is 0.356 e. The van der Waals surface area contributed by atoms with Gasteiger partial charge in [-0.3, -0.25) is 4.99 Å². The minimum absolute atomic E-state index is 0. The summed E-state index contributed by atoms with van der Waals surface area (Å²) in [6, 6.07) is 0. The first kappa shape index (κ1) is 19.6. The number of guanidine groups is 1. The van der Waals surface area contributed by atoms with Crippen LogP contribution in [-0.4, -0.2) is 31.1 Å². The van der Waals surface area contributed by atoms with Gasteiger partial charge in [0.2, 0.25) is 0 Å². The molecule has 0 aliphatic heterocycles. The Morgan fingerprint density at radius 3 is 2.45 bits per heavy atom. The summed E-state index contributed by atoms with van der Waals surface area (Å²) in [7, 11) is 1.80. The number of aromatic nitrogens is 1. The zero-order valence-electron chi connectivity index (χ0n) is 13.1. The number of thiazole rings is 1. The number of halogens is 1. The number of nitrogens with zero attached hydrogens (tertiary/aromatic N) is 2. The summed E-state index contributed by atoms with van der Waals surface area (Å²) in [5.74, 6) is 0.871. The maximum atomic E-state index is 4.45. The van der Waals surface area contributed by atoms with Gasteiger partial charge < -0.3 is 10.6 Å². The van der Waals surface area contributed by atoms with Crippen molar-refractivity contribution in [2.75, 3.05) is 20.1 Å². The van der Waals surface area contributed by atoms with Crippen molar-refractivity contribution < 1.29 is 0 Å². The minimum atomic E-state index is 0. The Kier molecular flexibility index (Phi) is 9.37. The molecular weight excluding hydrogens is 383 g/mol. The molecule has 4 nitrogen and oxygen atoms in total. The highest BCUT2D eigenvalue weighted by atomic mass is 127. The molecule has 20 heavy (non-hydrogen) atoms. The third-order valence-electron chi connectivity index (χ3n) is 2.73. The van der Waals surface area contributed by atoms with Crippen LogP contribution in [0.2, 0.25) is 0 Å². The first-order valence-corrected chi connectivity index (χ1v) is 7.64. The van der Waals surface area contributed by atoms with Crippen molar-refractivity contribution in [3.63, 3.8) is 0 Å². The fraction of sp³-hybridized carbons (Fsp3) is 0.714. The molecular formula is C14H27IN4S. The van der Waals surface area contributed by atoms with Crippen molar-refractivity contribution in [1.82, 2.24) is 15.6 Å². The average molecular weight is 410 g/mol. The molecule has 1 aromatic rings. The molecule has 6 heteroatoms. The van der Waals surface area contributed by atoms with Gasteiger partial charge in [-0.1, -0.05) is 20.8 Å². The Bertz CT molecular complexity index is 410. The number of rotatable bonds is 5. The lowest BCUT2D eigenvalue weighted by molar-refractivity contribution is 0.377. The highest BCUT2D eigenvalue weighted by Gasteiger charge is 2.09. The van der Waals surface area contributed by atoms with Crippen LogP contribution in [0, 0.1) is 12.3 Å². The molecule has 2 N–H and O–H groups in total. The van der Waals surface area contributed by atoms with Crippen molar-refractivity contribution in [2.24, 2.45) is 10.4 Å². The predicted octanol–water partition coefficient (Wildman–Crippen LogP) is 3.21. The van der Waals surface area contributed by atoms with Crippen LogP contribution in [0.1, 0.15) is 37.9 Å². The van der Waals surface area contributed by atoms with E-state index in [-0.39, 0.29) is 24.0 Å². The first-order chi connectivity index (χ1) is 8.90. The average Bonchev–Trinajstić information content (AvgIpc) is 2.71. The summed E-state index contributed by atoms with van der Waals surface area (Å²) in [5.41, 5.74) is 1.50. The molecule has 0 aromatic carbocycles. The molecule has 0 saturated carbocycles. The molecule has 0 spiro atoms. The van der Waals surface area contributed by atoms with Crippen molar-refractivity contribution in [3.8, 4) is 0 Å². The minimum Gasteiger partial charge on any atom is -0.356 e. The van der Waals surface area contributed by atoms with E-state index < -0.39 is 0 Å². The smallest absolute Gasteiger partial charge is 0.190 e. The standard InChI is InChI=1S/C14H26N4S.HI/c1-11-18-12(10-19-11)6-8-16-13(15-5)17-9-7-14(2,3)4;/h10H,6-9H2,1-5H3,(H2,15,16,17);1H. The second-order valence-electron chi connectivity index (χ2n) is 5.84. The second-order valence-corrected chi connectivity index (χ2v) is 6.91. The van der Waals surface area contributed by atoms with Gasteiger partial charge in [0.25, 0.3) is 0 Å². The van der Waals surface area contributed by atoms with Gasteiger partial charge in [-0.25, -0.2) is 4.98 Å². The Balaban J connectivity index is 0.00000361. The molecule has 1 aromatic heterocycles. The fourth-order valence-corrected chi connectivity index (χ4v) is 2.26. The molecule has 0 atom stereocenters. The van der Waals surface area contributed by atoms with Crippen LogP contribution >= 0.6 is 35.3 Å². The van der Waals surface area contributed by atoms with E-state index in [0.717, 1.165) is 42.6 Å². The van der Waals surface area contributed by atoms with Gasteiger partial charge in [0.1, 0.15) is 0 Å². The van der Waals surface area contributed by atoms with E-state index in [2.05, 4.69) is 46.8 Å². The van der Waals surface area contributed by atoms with Gasteiger partial charge in [-0.05, 0) is 18.8 Å². The van der Waals surface area contributed by atoms with E-state index in [4.69, 9.17) is 0 Å². The first-order valence-electron chi connectivity index (χ1n) is 6.76. The zero-order chi connectivity index (χ0) is 14.3. The predicted molar refractivity (Wildman–Crippen MR) is 99.4 cm³/mol. The van der Waals surface area contributed by atoms with Crippen LogP contribution in [0.15, 0.2) is 10.4 Å². The Hall–Kier alpha value is -0.370. The Morgan fingerprint density at radius 1 is 1.30 bits per heavy atom. The summed E-state index contributed by atoms with van der Waals surface area (Å²) in [6.45, 7) is 10.6. The third kappa shape index (κ3) is 8.73. The summed E-state index contributed by atoms with van der Waals surface area (Å²) in [5, 5.41) is 9.90. The topological polar surface area (TPSA) is 49.3 Å². The Labute approximate surface area is 143 Å². The molecule has 0 radical (unpaired) electrons. The Morgan fingerprint density at radius 2 is 1.95 bits per heavy atom. The number of aryl methyl sites for hydroxylation is 1. The molecule has 0 amide bonds. The summed E-state index contributed by atoms with van der Waals surface area (Å²) >= 11 is 1.70. The van der Waals surface area contributed by atoms with Crippen LogP contribution < -0.4 is 10.6 Å². The SMILES string of the molecule is CN=C(NCCc1csc(C)n1)NCCC(C)(C)C.I. The van der Waals surface area contributed by atoms with E-state index >= 15 is 0 Å². The molecule has 0 bridgehead atoms. The highest BCUT2D eigenvalue weighted by Crippen LogP contribution is 2.16. The lowest BCUT2D eigenvalue weighted by atomic mass is 9.92. The van der Waals surface area contributed by atoms with Crippen LogP contribution in [0.3, 0.4) is 0 Å². The molecule has 0 aliphatic carbocycles. The van der Waals surface area contributed by atoms with Gasteiger partial charge in [0.15, 0.2) is 5.96 Å². The molecule has 116 valence electrons. The summed E-state index contributed by atoms with van der Waals surface area (Å²) < 4.78 is 0. The molecule has 0 saturated heterocycles. The number of hydrogen-bond acceptors (Lipinski definition) is 3. The van der Waals surface area contributed by atoms with Crippen LogP contribution in [-0.2, 0) is 6.42 Å². The second kappa shape index (κ2) is 9.55. The van der Waals surface area contributed by atoms with E-state index in [0.29, 0.717) is 5.41 Å². The van der Waals surface area contributed by atoms with Crippen molar-refractivity contribution in [1.29, 1.82) is 0 Å². The maximum absolute atomic E-state index is 4.45. The van der Waals surface area contributed by atoms with E-state index in [9.17, 15) is 0 Å². The lowest BCUT2D eigenvalue weighted by Gasteiger charge is -2.19. The van der Waals surface area contributed by atoms with Gasteiger partial charge >= 0.3 is 0 Å². The maximum Gasteiger partial charge on any atom is 0.190 e. The number of hydrogen-bond donors (Lipinski definition) is 2. The summed E-state index contributed by atoms with van der Waals surface area (Å²) in [4.78, 5) is 8.67. The highest BCUT2D eigenvalue weighted by molar-refractivity contribution is 14.0. The third-order valence-corrected chi connectivity index (χ3v) is 3.55. The lowest BCUT2D eigenvalue weighted by Crippen LogP contribution is -2.39. The van der Waals surface area contributed by atoms with E-state index in [1.165, 1.54) is 0 Å². The molecule has 0 fully saturated rings. The van der Waals surface area contributed by atoms with Gasteiger partial charge in [0.05, 0.1) is 10.7 Å². The molecule has 0 unspecified atom stereocenters. The van der Waals surface area contributed by atoms with Gasteiger partial charge in [-0.15, -0.1) is 35.3 Å². The molecule has 1 rings (SSSR count). The van der Waals surface area contributed by atoms with Crippen LogP contribution in [0.25, 0.3) is 0 Å². The zero-order valence-corrected chi connectivity index (χ0v) is 16.3. The monoisotopic (exact) mass is 410 g/mol. The van der Waals surface area contributed by atoms with Crippen molar-refractivity contribution in [2.45, 2.75) is 40.5 Å². The van der Waals surface area contributed by atoms with E-state index in [1.807, 2.05) is 6.92 Å². The van der Waals surface area contributed by atoms with Gasteiger partial charge in [-0.2, -0.15) is 0 Å². The van der Waals surface area contributed by atoms with Crippen LogP contribution in [0.4, 0.5) is 0 Å². The molecule has 0 aliphatic rings. The van der Waals surface area contributed by atoms with Crippen molar-refractivity contribution in [3.05, 3.63) is 16.1 Å². The van der Waals surface area contributed by atoms with Gasteiger partial charge in [0, 0.05) is 31.9 Å². The normalized spacial score (nSPS) is 11.9. The fourth-order valence-electron chi connectivity index (χ4n) is 1.61. The van der Waals surface area contributed by atoms with E-state index in [1.54, 1.807) is 18.4 Å². The quantitative estimate of drug-likeness (QED) is 0.445.